The van der Waals surface area contributed by atoms with Crippen LogP contribution < -0.4 is 10.1 Å². The molecule has 6 heteroatoms. The fourth-order valence-electron chi connectivity index (χ4n) is 3.31. The maximum absolute atomic E-state index is 12.6. The van der Waals surface area contributed by atoms with Crippen molar-refractivity contribution in [2.45, 2.75) is 19.9 Å². The van der Waals surface area contributed by atoms with E-state index in [0.717, 1.165) is 30.2 Å². The summed E-state index contributed by atoms with van der Waals surface area (Å²) < 4.78 is 16.2. The average Bonchev–Trinajstić information content (AvgIpc) is 3.01. The van der Waals surface area contributed by atoms with Gasteiger partial charge >= 0.3 is 0 Å². The molecular weight excluding hydrogens is 332 g/mol. The number of aryl methyl sites for hydroxylation is 2. The van der Waals surface area contributed by atoms with Crippen LogP contribution in [-0.4, -0.2) is 50.8 Å². The summed E-state index contributed by atoms with van der Waals surface area (Å²) in [6.45, 7) is 7.28. The summed E-state index contributed by atoms with van der Waals surface area (Å²) in [5.74, 6) is 2.11. The summed E-state index contributed by atoms with van der Waals surface area (Å²) in [6.07, 6.45) is 0. The maximum atomic E-state index is 12.6. The summed E-state index contributed by atoms with van der Waals surface area (Å²) in [4.78, 5) is 14.9. The second kappa shape index (κ2) is 8.38. The minimum absolute atomic E-state index is 0.0852. The molecule has 0 aliphatic carbocycles. The van der Waals surface area contributed by atoms with Crippen molar-refractivity contribution in [3.05, 3.63) is 53.0 Å². The van der Waals surface area contributed by atoms with E-state index in [2.05, 4.69) is 22.3 Å². The molecule has 6 nitrogen and oxygen atoms in total. The first kappa shape index (κ1) is 18.5. The Morgan fingerprint density at radius 1 is 1.23 bits per heavy atom. The number of ether oxygens (including phenoxy) is 2. The Bertz CT molecular complexity index is 733. The standard InChI is InChI=1S/C20H26N2O4/c1-14-12-18(15(2)26-14)20(23)21-13-19(22-8-10-25-11-9-22)16-4-6-17(24-3)7-5-16/h4-7,12,19H,8-11,13H2,1-3H3,(H,21,23)/t19-/m0/s1. The zero-order chi connectivity index (χ0) is 18.5. The number of carbonyl (C=O) groups excluding carboxylic acids is 1. The molecule has 1 aromatic carbocycles. The van der Waals surface area contributed by atoms with Gasteiger partial charge in [0.05, 0.1) is 31.9 Å². The molecule has 1 N–H and O–H groups in total. The van der Waals surface area contributed by atoms with Gasteiger partial charge in [0.25, 0.3) is 5.91 Å². The van der Waals surface area contributed by atoms with Gasteiger partial charge in [0.2, 0.25) is 0 Å². The van der Waals surface area contributed by atoms with Gasteiger partial charge in [-0.25, -0.2) is 0 Å². The Kier molecular flexibility index (Phi) is 5.96. The van der Waals surface area contributed by atoms with Crippen molar-refractivity contribution in [1.29, 1.82) is 0 Å². The van der Waals surface area contributed by atoms with Crippen LogP contribution in [0.1, 0.15) is 33.5 Å². The predicted molar refractivity (Wildman–Crippen MR) is 98.6 cm³/mol. The Labute approximate surface area is 154 Å². The SMILES string of the molecule is COc1ccc([C@H](CNC(=O)c2cc(C)oc2C)N2CCOCC2)cc1. The Hall–Kier alpha value is -2.31. The minimum atomic E-state index is -0.105. The van der Waals surface area contributed by atoms with Crippen LogP contribution in [0.2, 0.25) is 0 Å². The fraction of sp³-hybridized carbons (Fsp3) is 0.450. The highest BCUT2D eigenvalue weighted by Crippen LogP contribution is 2.24. The molecule has 1 aliphatic rings. The lowest BCUT2D eigenvalue weighted by molar-refractivity contribution is 0.0162. The number of furan rings is 1. The molecule has 3 rings (SSSR count). The van der Waals surface area contributed by atoms with Gasteiger partial charge in [0.15, 0.2) is 0 Å². The van der Waals surface area contributed by atoms with Gasteiger partial charge in [0.1, 0.15) is 17.3 Å². The van der Waals surface area contributed by atoms with Crippen molar-refractivity contribution < 1.29 is 18.7 Å². The molecule has 26 heavy (non-hydrogen) atoms. The zero-order valence-corrected chi connectivity index (χ0v) is 15.6. The quantitative estimate of drug-likeness (QED) is 0.860. The molecule has 0 radical (unpaired) electrons. The molecule has 1 aromatic heterocycles. The molecule has 0 bridgehead atoms. The molecular formula is C20H26N2O4. The largest absolute Gasteiger partial charge is 0.497 e. The van der Waals surface area contributed by atoms with Gasteiger partial charge in [-0.1, -0.05) is 12.1 Å². The van der Waals surface area contributed by atoms with E-state index in [1.54, 1.807) is 13.2 Å². The average molecular weight is 358 g/mol. The number of amides is 1. The smallest absolute Gasteiger partial charge is 0.254 e. The summed E-state index contributed by atoms with van der Waals surface area (Å²) in [6, 6.07) is 9.88. The number of morpholine rings is 1. The van der Waals surface area contributed by atoms with Crippen LogP contribution in [0.25, 0.3) is 0 Å². The van der Waals surface area contributed by atoms with E-state index < -0.39 is 0 Å². The molecule has 0 saturated carbocycles. The summed E-state index contributed by atoms with van der Waals surface area (Å²) in [5.41, 5.74) is 1.74. The number of hydrogen-bond acceptors (Lipinski definition) is 5. The molecule has 0 spiro atoms. The molecule has 140 valence electrons. The number of nitrogens with one attached hydrogen (secondary N) is 1. The van der Waals surface area contributed by atoms with Gasteiger partial charge in [-0.3, -0.25) is 9.69 Å². The number of rotatable bonds is 6. The molecule has 2 heterocycles. The van der Waals surface area contributed by atoms with Gasteiger partial charge in [-0.15, -0.1) is 0 Å². The van der Waals surface area contributed by atoms with E-state index in [0.29, 0.717) is 31.1 Å². The highest BCUT2D eigenvalue weighted by atomic mass is 16.5. The lowest BCUT2D eigenvalue weighted by Gasteiger charge is -2.35. The highest BCUT2D eigenvalue weighted by molar-refractivity contribution is 5.95. The Morgan fingerprint density at radius 3 is 2.50 bits per heavy atom. The second-order valence-corrected chi connectivity index (χ2v) is 6.47. The summed E-state index contributed by atoms with van der Waals surface area (Å²) in [5, 5.41) is 3.06. The van der Waals surface area contributed by atoms with E-state index in [4.69, 9.17) is 13.9 Å². The Morgan fingerprint density at radius 2 is 1.92 bits per heavy atom. The van der Waals surface area contributed by atoms with Crippen LogP contribution >= 0.6 is 0 Å². The van der Waals surface area contributed by atoms with Crippen LogP contribution in [0.15, 0.2) is 34.7 Å². The topological polar surface area (TPSA) is 63.9 Å². The predicted octanol–water partition coefficient (Wildman–Crippen LogP) is 2.71. The molecule has 1 amide bonds. The van der Waals surface area contributed by atoms with Gasteiger partial charge in [0, 0.05) is 19.6 Å². The molecule has 1 atom stereocenters. The van der Waals surface area contributed by atoms with Crippen LogP contribution in [0.3, 0.4) is 0 Å². The van der Waals surface area contributed by atoms with Crippen LogP contribution in [0, 0.1) is 13.8 Å². The second-order valence-electron chi connectivity index (χ2n) is 6.47. The number of benzene rings is 1. The first-order valence-electron chi connectivity index (χ1n) is 8.89. The van der Waals surface area contributed by atoms with Crippen molar-refractivity contribution in [2.24, 2.45) is 0 Å². The van der Waals surface area contributed by atoms with Crippen molar-refractivity contribution in [2.75, 3.05) is 40.0 Å². The molecule has 0 unspecified atom stereocenters. The lowest BCUT2D eigenvalue weighted by Crippen LogP contribution is -2.43. The van der Waals surface area contributed by atoms with Crippen LogP contribution in [-0.2, 0) is 4.74 Å². The first-order valence-corrected chi connectivity index (χ1v) is 8.89. The number of carbonyl (C=O) groups is 1. The molecule has 1 aliphatic heterocycles. The summed E-state index contributed by atoms with van der Waals surface area (Å²) >= 11 is 0. The van der Waals surface area contributed by atoms with Gasteiger partial charge < -0.3 is 19.2 Å². The number of methoxy groups -OCH3 is 1. The van der Waals surface area contributed by atoms with E-state index in [1.807, 2.05) is 26.0 Å². The third-order valence-corrected chi connectivity index (χ3v) is 4.73. The molecule has 1 saturated heterocycles. The maximum Gasteiger partial charge on any atom is 0.254 e. The normalized spacial score (nSPS) is 16.3. The van der Waals surface area contributed by atoms with Gasteiger partial charge in [-0.05, 0) is 37.6 Å². The summed E-state index contributed by atoms with van der Waals surface area (Å²) in [7, 11) is 1.66. The minimum Gasteiger partial charge on any atom is -0.497 e. The molecule has 2 aromatic rings. The van der Waals surface area contributed by atoms with E-state index >= 15 is 0 Å². The first-order chi connectivity index (χ1) is 12.6. The monoisotopic (exact) mass is 358 g/mol. The zero-order valence-electron chi connectivity index (χ0n) is 15.6. The van der Waals surface area contributed by atoms with Crippen LogP contribution in [0.4, 0.5) is 0 Å². The van der Waals surface area contributed by atoms with Crippen molar-refractivity contribution in [3.8, 4) is 5.75 Å². The van der Waals surface area contributed by atoms with Crippen molar-refractivity contribution in [3.63, 3.8) is 0 Å². The van der Waals surface area contributed by atoms with Crippen LogP contribution in [0.5, 0.6) is 5.75 Å². The fourth-order valence-corrected chi connectivity index (χ4v) is 3.31. The third-order valence-electron chi connectivity index (χ3n) is 4.73. The number of hydrogen-bond donors (Lipinski definition) is 1. The van der Waals surface area contributed by atoms with E-state index in [-0.39, 0.29) is 11.9 Å². The van der Waals surface area contributed by atoms with E-state index in [1.165, 1.54) is 0 Å². The lowest BCUT2D eigenvalue weighted by atomic mass is 10.0. The van der Waals surface area contributed by atoms with Crippen molar-refractivity contribution in [1.82, 2.24) is 10.2 Å². The third kappa shape index (κ3) is 4.26. The number of nitrogens with zero attached hydrogens (tertiary/aromatic N) is 1. The van der Waals surface area contributed by atoms with E-state index in [9.17, 15) is 4.79 Å². The van der Waals surface area contributed by atoms with Crippen molar-refractivity contribution >= 4 is 5.91 Å². The Balaban J connectivity index is 1.74. The molecule has 1 fully saturated rings. The highest BCUT2D eigenvalue weighted by Gasteiger charge is 2.24. The van der Waals surface area contributed by atoms with Gasteiger partial charge in [-0.2, -0.15) is 0 Å².